The minimum Gasteiger partial charge on any atom is -0.497 e. The van der Waals surface area contributed by atoms with Crippen molar-refractivity contribution in [2.24, 2.45) is 0 Å². The summed E-state index contributed by atoms with van der Waals surface area (Å²) in [6.45, 7) is -0.536. The monoisotopic (exact) mass is 524 g/mol. The summed E-state index contributed by atoms with van der Waals surface area (Å²) < 4.78 is 43.8. The van der Waals surface area contributed by atoms with Crippen LogP contribution in [0.25, 0.3) is 0 Å². The van der Waals surface area contributed by atoms with Crippen LogP contribution in [0, 0.1) is 0 Å². The Morgan fingerprint density at radius 3 is 2.18 bits per heavy atom. The molecule has 0 spiro atoms. The molecule has 0 aliphatic rings. The minimum atomic E-state index is -4.20. The van der Waals surface area contributed by atoms with Crippen molar-refractivity contribution in [3.8, 4) is 17.2 Å². The van der Waals surface area contributed by atoms with Gasteiger partial charge in [0.15, 0.2) is 11.5 Å². The van der Waals surface area contributed by atoms with Crippen LogP contribution in [0.5, 0.6) is 17.2 Å². The average Bonchev–Trinajstić information content (AvgIpc) is 2.84. The number of hydrogen-bond acceptors (Lipinski definition) is 6. The largest absolute Gasteiger partial charge is 0.497 e. The van der Waals surface area contributed by atoms with Gasteiger partial charge in [-0.3, -0.25) is 9.10 Å². The van der Waals surface area contributed by atoms with Crippen molar-refractivity contribution in [3.63, 3.8) is 0 Å². The number of benzene rings is 3. The average molecular weight is 525 g/mol. The highest BCUT2D eigenvalue weighted by molar-refractivity contribution is 7.92. The predicted molar refractivity (Wildman–Crippen MR) is 132 cm³/mol. The van der Waals surface area contributed by atoms with E-state index in [0.717, 1.165) is 4.31 Å². The van der Waals surface area contributed by atoms with Crippen LogP contribution in [-0.2, 0) is 14.8 Å². The van der Waals surface area contributed by atoms with E-state index in [4.69, 9.17) is 37.4 Å². The molecule has 0 bridgehead atoms. The zero-order chi connectivity index (χ0) is 24.9. The molecule has 0 saturated carbocycles. The minimum absolute atomic E-state index is 0.0884. The van der Waals surface area contributed by atoms with Crippen LogP contribution in [0.1, 0.15) is 0 Å². The lowest BCUT2D eigenvalue weighted by molar-refractivity contribution is -0.114. The maximum absolute atomic E-state index is 13.6. The number of carbonyl (C=O) groups is 1. The van der Waals surface area contributed by atoms with Crippen molar-refractivity contribution in [1.82, 2.24) is 0 Å². The van der Waals surface area contributed by atoms with Crippen molar-refractivity contribution in [3.05, 3.63) is 70.7 Å². The number of anilines is 2. The van der Waals surface area contributed by atoms with Gasteiger partial charge in [-0.15, -0.1) is 0 Å². The maximum atomic E-state index is 13.6. The Bertz CT molecular complexity index is 1280. The Labute approximate surface area is 208 Å². The molecule has 0 heterocycles. The SMILES string of the molecule is COc1ccc(N(CC(=O)Nc2cc(Cl)ccc2Cl)S(=O)(=O)c2ccc(OC)c(OC)c2)cc1. The van der Waals surface area contributed by atoms with E-state index < -0.39 is 22.5 Å². The van der Waals surface area contributed by atoms with Gasteiger partial charge in [0.2, 0.25) is 5.91 Å². The molecular weight excluding hydrogens is 503 g/mol. The summed E-state index contributed by atoms with van der Waals surface area (Å²) in [4.78, 5) is 12.8. The molecule has 1 N–H and O–H groups in total. The first-order valence-electron chi connectivity index (χ1n) is 9.83. The summed E-state index contributed by atoms with van der Waals surface area (Å²) in [5.41, 5.74) is 0.514. The molecule has 8 nitrogen and oxygen atoms in total. The second-order valence-corrected chi connectivity index (χ2v) is 9.60. The highest BCUT2D eigenvalue weighted by atomic mass is 35.5. The van der Waals surface area contributed by atoms with Crippen molar-refractivity contribution in [1.29, 1.82) is 0 Å². The quantitative estimate of drug-likeness (QED) is 0.429. The molecule has 0 atom stereocenters. The number of halogens is 2. The summed E-state index contributed by atoms with van der Waals surface area (Å²) in [7, 11) is 0.141. The van der Waals surface area contributed by atoms with E-state index >= 15 is 0 Å². The summed E-state index contributed by atoms with van der Waals surface area (Å²) in [6, 6.07) is 15.0. The number of nitrogens with one attached hydrogen (secondary N) is 1. The molecule has 11 heteroatoms. The summed E-state index contributed by atoms with van der Waals surface area (Å²) in [5, 5.41) is 3.23. The number of sulfonamides is 1. The lowest BCUT2D eigenvalue weighted by Gasteiger charge is -2.25. The number of ether oxygens (including phenoxy) is 3. The molecular formula is C23H22Cl2N2O6S. The second-order valence-electron chi connectivity index (χ2n) is 6.90. The van der Waals surface area contributed by atoms with Gasteiger partial charge in [0.05, 0.1) is 42.6 Å². The van der Waals surface area contributed by atoms with Crippen LogP contribution in [0.15, 0.2) is 65.6 Å². The molecule has 1 amide bonds. The molecule has 0 aliphatic heterocycles. The normalized spacial score (nSPS) is 11.0. The van der Waals surface area contributed by atoms with Gasteiger partial charge in [0, 0.05) is 11.1 Å². The van der Waals surface area contributed by atoms with Crippen molar-refractivity contribution >= 4 is 50.5 Å². The van der Waals surface area contributed by atoms with Crippen LogP contribution in [0.4, 0.5) is 11.4 Å². The smallest absolute Gasteiger partial charge is 0.264 e. The first kappa shape index (κ1) is 25.5. The van der Waals surface area contributed by atoms with Crippen LogP contribution < -0.4 is 23.8 Å². The van der Waals surface area contributed by atoms with Gasteiger partial charge in [0.25, 0.3) is 10.0 Å². The Hall–Kier alpha value is -3.14. The first-order chi connectivity index (χ1) is 16.2. The highest BCUT2D eigenvalue weighted by Crippen LogP contribution is 2.33. The first-order valence-corrected chi connectivity index (χ1v) is 12.0. The van der Waals surface area contributed by atoms with Gasteiger partial charge in [-0.05, 0) is 54.6 Å². The van der Waals surface area contributed by atoms with Gasteiger partial charge >= 0.3 is 0 Å². The third-order valence-electron chi connectivity index (χ3n) is 4.79. The van der Waals surface area contributed by atoms with E-state index in [1.54, 1.807) is 18.2 Å². The molecule has 180 valence electrons. The fourth-order valence-electron chi connectivity index (χ4n) is 3.08. The zero-order valence-electron chi connectivity index (χ0n) is 18.5. The van der Waals surface area contributed by atoms with Crippen LogP contribution in [0.3, 0.4) is 0 Å². The van der Waals surface area contributed by atoms with E-state index in [1.807, 2.05) is 0 Å². The topological polar surface area (TPSA) is 94.2 Å². The van der Waals surface area contributed by atoms with Crippen molar-refractivity contribution in [2.45, 2.75) is 4.90 Å². The summed E-state index contributed by atoms with van der Waals surface area (Å²) >= 11 is 12.1. The molecule has 3 rings (SSSR count). The van der Waals surface area contributed by atoms with Crippen molar-refractivity contribution in [2.75, 3.05) is 37.5 Å². The lowest BCUT2D eigenvalue weighted by Crippen LogP contribution is -2.38. The second kappa shape index (κ2) is 10.9. The molecule has 3 aromatic rings. The number of hydrogen-bond donors (Lipinski definition) is 1. The van der Waals surface area contributed by atoms with E-state index in [1.165, 1.54) is 63.8 Å². The molecule has 0 radical (unpaired) electrons. The van der Waals surface area contributed by atoms with Gasteiger partial charge in [-0.1, -0.05) is 23.2 Å². The van der Waals surface area contributed by atoms with E-state index in [0.29, 0.717) is 16.5 Å². The fraction of sp³-hybridized carbons (Fsp3) is 0.174. The molecule has 34 heavy (non-hydrogen) atoms. The van der Waals surface area contributed by atoms with Crippen molar-refractivity contribution < 1.29 is 27.4 Å². The Morgan fingerprint density at radius 2 is 1.56 bits per heavy atom. The van der Waals surface area contributed by atoms with Crippen LogP contribution >= 0.6 is 23.2 Å². The van der Waals surface area contributed by atoms with Gasteiger partial charge in [-0.25, -0.2) is 8.42 Å². The standard InChI is InChI=1S/C23H22Cl2N2O6S/c1-31-17-7-5-16(6-8-17)27(14-23(28)26-20-12-15(24)4-10-19(20)25)34(29,30)18-9-11-21(32-2)22(13-18)33-3/h4-13H,14H2,1-3H3,(H,26,28). The number of amides is 1. The molecule has 0 aromatic heterocycles. The Morgan fingerprint density at radius 1 is 0.882 bits per heavy atom. The Kier molecular flexibility index (Phi) is 8.14. The highest BCUT2D eigenvalue weighted by Gasteiger charge is 2.28. The summed E-state index contributed by atoms with van der Waals surface area (Å²) in [5.74, 6) is 0.505. The van der Waals surface area contributed by atoms with Crippen LogP contribution in [-0.4, -0.2) is 42.2 Å². The fourth-order valence-corrected chi connectivity index (χ4v) is 4.86. The van der Waals surface area contributed by atoms with Gasteiger partial charge in [-0.2, -0.15) is 0 Å². The van der Waals surface area contributed by atoms with Gasteiger partial charge < -0.3 is 19.5 Å². The van der Waals surface area contributed by atoms with Gasteiger partial charge in [0.1, 0.15) is 12.3 Å². The molecule has 0 fully saturated rings. The third kappa shape index (κ3) is 5.67. The maximum Gasteiger partial charge on any atom is 0.264 e. The predicted octanol–water partition coefficient (Wildman–Crippen LogP) is 4.85. The molecule has 0 unspecified atom stereocenters. The third-order valence-corrected chi connectivity index (χ3v) is 7.13. The number of nitrogens with zero attached hydrogens (tertiary/aromatic N) is 1. The van der Waals surface area contributed by atoms with E-state index in [9.17, 15) is 13.2 Å². The Balaban J connectivity index is 2.01. The molecule has 0 aliphatic carbocycles. The zero-order valence-corrected chi connectivity index (χ0v) is 20.9. The molecule has 0 saturated heterocycles. The van der Waals surface area contributed by atoms with E-state index in [-0.39, 0.29) is 27.0 Å². The number of methoxy groups -OCH3 is 3. The summed E-state index contributed by atoms with van der Waals surface area (Å²) in [6.07, 6.45) is 0. The van der Waals surface area contributed by atoms with E-state index in [2.05, 4.69) is 5.32 Å². The molecule has 3 aromatic carbocycles. The lowest BCUT2D eigenvalue weighted by atomic mass is 10.3. The van der Waals surface area contributed by atoms with Crippen LogP contribution in [0.2, 0.25) is 10.0 Å². The number of rotatable bonds is 9. The number of carbonyl (C=O) groups excluding carboxylic acids is 1.